The van der Waals surface area contributed by atoms with Gasteiger partial charge in [0.2, 0.25) is 0 Å². The van der Waals surface area contributed by atoms with Crippen molar-refractivity contribution in [2.24, 2.45) is 0 Å². The van der Waals surface area contributed by atoms with Crippen LogP contribution in [0.3, 0.4) is 0 Å². The molecule has 0 bridgehead atoms. The molecule has 0 amide bonds. The van der Waals surface area contributed by atoms with E-state index in [0.29, 0.717) is 0 Å². The van der Waals surface area contributed by atoms with Gasteiger partial charge < -0.3 is 70.4 Å². The summed E-state index contributed by atoms with van der Waals surface area (Å²) in [6, 6.07) is 74.0. The van der Waals surface area contributed by atoms with Crippen molar-refractivity contribution in [3.63, 3.8) is 0 Å². The van der Waals surface area contributed by atoms with Crippen LogP contribution in [0.1, 0.15) is 62.1 Å². The second kappa shape index (κ2) is 51.1. The summed E-state index contributed by atoms with van der Waals surface area (Å²) < 4.78 is 6.10. The van der Waals surface area contributed by atoms with Crippen molar-refractivity contribution in [2.75, 3.05) is 0 Å². The third-order valence-electron chi connectivity index (χ3n) is 11.7. The average Bonchev–Trinajstić information content (AvgIpc) is 0.848. The maximum absolute atomic E-state index is 10.2. The molecule has 0 fully saturated rings. The maximum atomic E-state index is 10.2. The Labute approximate surface area is 718 Å². The van der Waals surface area contributed by atoms with E-state index in [1.165, 1.54) is 72.8 Å². The monoisotopic (exact) mass is 2300 g/mol. The molecule has 100 heavy (non-hydrogen) atoms. The van der Waals surface area contributed by atoms with Gasteiger partial charge in [0.05, 0.1) is 81.4 Å². The van der Waals surface area contributed by atoms with Crippen LogP contribution in [0.25, 0.3) is 45.6 Å². The minimum atomic E-state index is -1.13. The molecule has 28 heteroatoms. The minimum Gasteiger partial charge on any atom is -0.545 e. The third kappa shape index (κ3) is 35.7. The predicted molar refractivity (Wildman–Crippen MR) is 410 cm³/mol. The van der Waals surface area contributed by atoms with Gasteiger partial charge in [-0.3, -0.25) is 19.9 Å². The van der Waals surface area contributed by atoms with Crippen molar-refractivity contribution >= 4 is 171 Å². The van der Waals surface area contributed by atoms with Crippen LogP contribution in [0.15, 0.2) is 280 Å². The van der Waals surface area contributed by atoms with Gasteiger partial charge in [0.25, 0.3) is 0 Å². The molecule has 20 nitrogen and oxygen atoms in total. The number of hydrogen-bond acceptors (Lipinski definition) is 18. The number of pyridine rings is 6. The molecular weight excluding hydrogens is 2250 g/mol. The smallest absolute Gasteiger partial charge is 0.545 e. The van der Waals surface area contributed by atoms with Crippen LogP contribution in [0, 0.1) is 98.6 Å². The Balaban J connectivity index is 0.000000577. The topological polar surface area (TPSA) is 381 Å². The molecule has 6 aromatic heterocycles. The quantitative estimate of drug-likeness (QED) is 0.115. The van der Waals surface area contributed by atoms with Crippen molar-refractivity contribution < 1.29 is 148 Å². The summed E-state index contributed by atoms with van der Waals surface area (Å²) in [7, 11) is 0. The van der Waals surface area contributed by atoms with E-state index in [2.05, 4.69) is 165 Å². The first-order valence-corrected chi connectivity index (χ1v) is 33.9. The van der Waals surface area contributed by atoms with Gasteiger partial charge in [0.1, 0.15) is 0 Å². The number of carboxylic acids is 6. The van der Waals surface area contributed by atoms with Crippen LogP contribution >= 0.6 is 136 Å². The van der Waals surface area contributed by atoms with Crippen LogP contribution in [0.2, 0.25) is 0 Å². The van der Waals surface area contributed by atoms with E-state index in [0.717, 1.165) is 67.0 Å². The number of halogens is 6. The number of carbonyl (C=O) groups is 6. The van der Waals surface area contributed by atoms with E-state index in [4.69, 9.17) is 0 Å². The molecule has 0 atom stereocenters. The second-order valence-electron chi connectivity index (χ2n) is 18.4. The number of aromatic carboxylic acids is 6. The fourth-order valence-electron chi connectivity index (χ4n) is 7.01. The molecule has 512 valence electrons. The van der Waals surface area contributed by atoms with Crippen molar-refractivity contribution in [1.82, 2.24) is 29.9 Å². The van der Waals surface area contributed by atoms with Crippen molar-refractivity contribution in [3.05, 3.63) is 334 Å². The minimum absolute atomic E-state index is 0. The molecule has 0 radical (unpaired) electrons. The number of nitrogens with zero attached hydrogens (tertiary/aromatic N) is 6. The molecule has 0 spiro atoms. The Morgan fingerprint density at radius 3 is 0.470 bits per heavy atom. The molecule has 12 rings (SSSR count). The molecule has 6 heterocycles. The van der Waals surface area contributed by atoms with E-state index < -0.39 is 35.8 Å². The molecular formula is C72H50I6N6O14Tb2. The van der Waals surface area contributed by atoms with Gasteiger partial charge in [-0.2, -0.15) is 0 Å². The fraction of sp³-hybridized carbons (Fsp3) is 0. The number of rotatable bonds is 10. The van der Waals surface area contributed by atoms with E-state index in [1.807, 2.05) is 109 Å². The van der Waals surface area contributed by atoms with Crippen molar-refractivity contribution in [1.29, 1.82) is 0 Å². The molecule has 0 saturated heterocycles. The van der Waals surface area contributed by atoms with E-state index in [1.54, 1.807) is 97.6 Å². The van der Waals surface area contributed by atoms with Crippen LogP contribution in [-0.2, 0) is 0 Å². The summed E-state index contributed by atoms with van der Waals surface area (Å²) >= 11 is 12.6. The number of benzene rings is 6. The maximum Gasteiger partial charge on any atom is 3.00 e. The van der Waals surface area contributed by atoms with Gasteiger partial charge in [0, 0.05) is 46.2 Å². The molecule has 0 aliphatic heterocycles. The van der Waals surface area contributed by atoms with Crippen LogP contribution in [0.5, 0.6) is 0 Å². The van der Waals surface area contributed by atoms with Gasteiger partial charge in [-0.25, -0.2) is 9.97 Å². The van der Waals surface area contributed by atoms with Crippen LogP contribution in [0.4, 0.5) is 0 Å². The van der Waals surface area contributed by atoms with Crippen molar-refractivity contribution in [2.45, 2.75) is 0 Å². The van der Waals surface area contributed by atoms with Crippen LogP contribution in [-0.4, -0.2) is 76.7 Å². The molecule has 4 N–H and O–H groups in total. The number of aromatic nitrogens is 6. The molecule has 0 unspecified atom stereocenters. The Morgan fingerprint density at radius 1 is 0.210 bits per heavy atom. The first-order chi connectivity index (χ1) is 46.1. The first-order valence-electron chi connectivity index (χ1n) is 27.5. The standard InChI is InChI=1S/2C15H11N3.6C7H5IO2.2H2O.2Tb/c2*1-3-10-16-12(6-1)14-8-5-9-15(18-14)13-7-2-4-11-17-13;6*8-6-3-1-5(2-4-6)7(9)10;;;;/h2*1-11H;6*1-4H,(H,9,10);2*1H2;;/q;;;;;;;;;;2*+3/p-6. The third-order valence-corrected chi connectivity index (χ3v) is 16.0. The summed E-state index contributed by atoms with van der Waals surface area (Å²) in [5, 5.41) is 61.2. The summed E-state index contributed by atoms with van der Waals surface area (Å²) in [5.74, 6) is -6.77. The predicted octanol–water partition coefficient (Wildman–Crippen LogP) is 8.69. The number of carboxylic acid groups (broad SMARTS) is 6. The summed E-state index contributed by atoms with van der Waals surface area (Å²) in [4.78, 5) is 87.6. The average molecular weight is 2300 g/mol. The Kier molecular flexibility index (Phi) is 47.0. The van der Waals surface area contributed by atoms with Gasteiger partial charge in [-0.15, -0.1) is 0 Å². The molecule has 0 saturated carbocycles. The van der Waals surface area contributed by atoms with Crippen LogP contribution < -0.4 is 30.6 Å². The summed E-state index contributed by atoms with van der Waals surface area (Å²) in [6.45, 7) is 0. The van der Waals surface area contributed by atoms with Gasteiger partial charge in [-0.1, -0.05) is 109 Å². The van der Waals surface area contributed by atoms with Crippen molar-refractivity contribution in [3.8, 4) is 45.6 Å². The Hall–Kier alpha value is -6.09. The zero-order chi connectivity index (χ0) is 69.8. The molecule has 12 aromatic rings. The molecule has 6 aromatic carbocycles. The normalized spacial score (nSPS) is 9.26. The zero-order valence-corrected chi connectivity index (χ0v) is 68.3. The van der Waals surface area contributed by atoms with E-state index >= 15 is 0 Å². The van der Waals surface area contributed by atoms with E-state index in [-0.39, 0.29) is 122 Å². The largest absolute Gasteiger partial charge is 3.00 e. The Bertz CT molecular complexity index is 3750. The SMILES string of the molecule is O.O.O=C([O-])c1ccc(I)cc1.O=C([O-])c1ccc(I)cc1.O=C([O-])c1ccc(I)cc1.O=C([O-])c1ccc(I)cc1.O=C([O-])c1ccc(I)cc1.O=C([O-])c1ccc(I)cc1.[Tb+3].[Tb+3].c1ccc(-c2cccc(-c3ccccn3)n2)nc1.c1ccc(-c2cccc(-c3ccccn3)n2)nc1. The number of carbonyl (C=O) groups excluding carboxylic acids is 6. The molecule has 0 aliphatic rings. The number of hydrogen-bond donors (Lipinski definition) is 0. The zero-order valence-electron chi connectivity index (χ0n) is 51.1. The first kappa shape index (κ1) is 91.9. The van der Waals surface area contributed by atoms with Gasteiger partial charge in [-0.05, 0) is 315 Å². The summed E-state index contributed by atoms with van der Waals surface area (Å²) in [6.07, 6.45) is 7.07. The van der Waals surface area contributed by atoms with Gasteiger partial charge >= 0.3 is 77.2 Å². The molecule has 0 aliphatic carbocycles. The second-order valence-corrected chi connectivity index (χ2v) is 25.9. The van der Waals surface area contributed by atoms with Gasteiger partial charge in [0.15, 0.2) is 0 Å². The summed E-state index contributed by atoms with van der Waals surface area (Å²) in [5.41, 5.74) is 8.26. The Morgan fingerprint density at radius 2 is 0.350 bits per heavy atom. The fourth-order valence-corrected chi connectivity index (χ4v) is 9.17. The van der Waals surface area contributed by atoms with E-state index in [9.17, 15) is 59.4 Å².